The van der Waals surface area contributed by atoms with Crippen LogP contribution in [0, 0.1) is 5.41 Å². The zero-order valence-corrected chi connectivity index (χ0v) is 10.5. The zero-order chi connectivity index (χ0) is 12.0. The van der Waals surface area contributed by atoms with E-state index in [1.54, 1.807) is 0 Å². The molecule has 1 aliphatic heterocycles. The third kappa shape index (κ3) is 1.41. The van der Waals surface area contributed by atoms with E-state index >= 15 is 0 Å². The maximum atomic E-state index is 11.2. The molecule has 0 aromatic carbocycles. The summed E-state index contributed by atoms with van der Waals surface area (Å²) in [6.45, 7) is 6.55. The summed E-state index contributed by atoms with van der Waals surface area (Å²) in [4.78, 5) is 11.2. The lowest BCUT2D eigenvalue weighted by Crippen LogP contribution is -2.41. The summed E-state index contributed by atoms with van der Waals surface area (Å²) in [6.07, 6.45) is 6.80. The highest BCUT2D eigenvalue weighted by molar-refractivity contribution is 5.82. The van der Waals surface area contributed by atoms with E-state index in [0.717, 1.165) is 12.8 Å². The van der Waals surface area contributed by atoms with Gasteiger partial charge in [0, 0.05) is 11.5 Å². The molecule has 16 heavy (non-hydrogen) atoms. The normalized spacial score (nSPS) is 40.5. The minimum Gasteiger partial charge on any atom is -0.466 e. The van der Waals surface area contributed by atoms with Gasteiger partial charge in [0.15, 0.2) is 0 Å². The largest absolute Gasteiger partial charge is 0.466 e. The molecule has 0 spiro atoms. The van der Waals surface area contributed by atoms with Gasteiger partial charge in [-0.15, -0.1) is 0 Å². The topological polar surface area (TPSA) is 38.8 Å². The first-order chi connectivity index (χ1) is 7.37. The monoisotopic (exact) mass is 224 g/mol. The summed E-state index contributed by atoms with van der Waals surface area (Å²) in [7, 11) is 1.39. The van der Waals surface area contributed by atoms with Gasteiger partial charge in [-0.1, -0.05) is 13.8 Å². The van der Waals surface area contributed by atoms with Crippen LogP contribution >= 0.6 is 0 Å². The van der Waals surface area contributed by atoms with Gasteiger partial charge < -0.3 is 9.47 Å². The second-order valence-electron chi connectivity index (χ2n) is 5.66. The van der Waals surface area contributed by atoms with Crippen LogP contribution in [0.1, 0.15) is 40.0 Å². The van der Waals surface area contributed by atoms with Crippen LogP contribution in [0.25, 0.3) is 0 Å². The van der Waals surface area contributed by atoms with Crippen molar-refractivity contribution in [3.8, 4) is 0 Å². The van der Waals surface area contributed by atoms with Crippen molar-refractivity contribution in [2.24, 2.45) is 5.41 Å². The first-order valence-electron chi connectivity index (χ1n) is 5.84. The first kappa shape index (κ1) is 11.6. The molecule has 2 fully saturated rings. The fraction of sp³-hybridized carbons (Fsp3) is 0.769. The molecule has 0 bridgehead atoms. The molecule has 1 saturated carbocycles. The fourth-order valence-corrected chi connectivity index (χ4v) is 3.16. The van der Waals surface area contributed by atoms with Crippen molar-refractivity contribution in [1.29, 1.82) is 0 Å². The van der Waals surface area contributed by atoms with Crippen molar-refractivity contribution in [3.05, 3.63) is 12.2 Å². The minimum atomic E-state index is -0.311. The molecule has 3 nitrogen and oxygen atoms in total. The lowest BCUT2D eigenvalue weighted by Gasteiger charge is -2.36. The van der Waals surface area contributed by atoms with Crippen molar-refractivity contribution >= 4 is 5.97 Å². The van der Waals surface area contributed by atoms with Gasteiger partial charge >= 0.3 is 5.97 Å². The van der Waals surface area contributed by atoms with Crippen molar-refractivity contribution in [3.63, 3.8) is 0 Å². The fourth-order valence-electron chi connectivity index (χ4n) is 3.16. The Kier molecular flexibility index (Phi) is 2.42. The highest BCUT2D eigenvalue weighted by Gasteiger charge is 2.73. The number of esters is 1. The molecule has 0 radical (unpaired) electrons. The van der Waals surface area contributed by atoms with Crippen LogP contribution in [0.3, 0.4) is 0 Å². The minimum absolute atomic E-state index is 0.0841. The standard InChI is InChI=1S/C13H20O3/c1-11(2)7-5-8-12(3)13(11,16-12)9-6-10(14)15-4/h6,9H,5,7-8H2,1-4H3/b9-6+/t12-,13+/m1/s1. The summed E-state index contributed by atoms with van der Waals surface area (Å²) in [5.74, 6) is -0.311. The number of carbonyl (C=O) groups excluding carboxylic acids is 1. The highest BCUT2D eigenvalue weighted by Crippen LogP contribution is 2.65. The van der Waals surface area contributed by atoms with Crippen molar-refractivity contribution < 1.29 is 14.3 Å². The number of hydrogen-bond donors (Lipinski definition) is 0. The second kappa shape index (κ2) is 3.33. The third-order valence-corrected chi connectivity index (χ3v) is 4.25. The van der Waals surface area contributed by atoms with Gasteiger partial charge in [-0.25, -0.2) is 4.79 Å². The van der Waals surface area contributed by atoms with Crippen LogP contribution in [0.2, 0.25) is 0 Å². The zero-order valence-electron chi connectivity index (χ0n) is 10.5. The Balaban J connectivity index is 2.24. The molecule has 1 heterocycles. The summed E-state index contributed by atoms with van der Waals surface area (Å²) < 4.78 is 10.6. The van der Waals surface area contributed by atoms with Gasteiger partial charge in [-0.3, -0.25) is 0 Å². The van der Waals surface area contributed by atoms with Gasteiger partial charge in [0.1, 0.15) is 5.60 Å². The average Bonchev–Trinajstić information content (AvgIpc) is 2.83. The smallest absolute Gasteiger partial charge is 0.330 e. The molecule has 0 unspecified atom stereocenters. The number of methoxy groups -OCH3 is 1. The number of epoxide rings is 1. The van der Waals surface area contributed by atoms with E-state index in [9.17, 15) is 4.79 Å². The summed E-state index contributed by atoms with van der Waals surface area (Å²) in [5, 5.41) is 0. The quantitative estimate of drug-likeness (QED) is 0.411. The lowest BCUT2D eigenvalue weighted by atomic mass is 9.64. The van der Waals surface area contributed by atoms with E-state index in [1.807, 2.05) is 6.08 Å². The Morgan fingerprint density at radius 1 is 1.31 bits per heavy atom. The maximum Gasteiger partial charge on any atom is 0.330 e. The summed E-state index contributed by atoms with van der Waals surface area (Å²) in [5.41, 5.74) is -0.268. The Morgan fingerprint density at radius 2 is 2.00 bits per heavy atom. The number of hydrogen-bond acceptors (Lipinski definition) is 3. The van der Waals surface area contributed by atoms with Crippen LogP contribution < -0.4 is 0 Å². The van der Waals surface area contributed by atoms with Crippen LogP contribution in [0.4, 0.5) is 0 Å². The third-order valence-electron chi connectivity index (χ3n) is 4.25. The number of ether oxygens (including phenoxy) is 2. The van der Waals surface area contributed by atoms with Crippen LogP contribution in [0.15, 0.2) is 12.2 Å². The molecule has 1 saturated heterocycles. The molecule has 90 valence electrons. The molecule has 0 N–H and O–H groups in total. The SMILES string of the molecule is COC(=O)/C=C/[C@@]12O[C@]1(C)CCCC2(C)C. The predicted octanol–water partition coefficient (Wildman–Crippen LogP) is 2.45. The molecular weight excluding hydrogens is 204 g/mol. The van der Waals surface area contributed by atoms with Crippen LogP contribution in [-0.4, -0.2) is 24.3 Å². The van der Waals surface area contributed by atoms with E-state index in [1.165, 1.54) is 19.6 Å². The van der Waals surface area contributed by atoms with Crippen LogP contribution in [-0.2, 0) is 14.3 Å². The molecule has 0 aromatic heterocycles. The molecular formula is C13H20O3. The predicted molar refractivity (Wildman–Crippen MR) is 61.0 cm³/mol. The molecule has 2 atom stereocenters. The second-order valence-corrected chi connectivity index (χ2v) is 5.66. The van der Waals surface area contributed by atoms with Gasteiger partial charge in [-0.2, -0.15) is 0 Å². The van der Waals surface area contributed by atoms with E-state index < -0.39 is 0 Å². The van der Waals surface area contributed by atoms with Crippen molar-refractivity contribution in [1.82, 2.24) is 0 Å². The lowest BCUT2D eigenvalue weighted by molar-refractivity contribution is -0.134. The molecule has 3 heteroatoms. The highest BCUT2D eigenvalue weighted by atomic mass is 16.6. The van der Waals surface area contributed by atoms with Crippen molar-refractivity contribution in [2.45, 2.75) is 51.2 Å². The molecule has 2 rings (SSSR count). The number of rotatable bonds is 2. The molecule has 0 amide bonds. The average molecular weight is 224 g/mol. The molecule has 1 aliphatic carbocycles. The number of carbonyl (C=O) groups is 1. The van der Waals surface area contributed by atoms with Gasteiger partial charge in [-0.05, 0) is 32.3 Å². The Bertz CT molecular complexity index is 345. The molecule has 2 aliphatic rings. The van der Waals surface area contributed by atoms with E-state index in [4.69, 9.17) is 4.74 Å². The Labute approximate surface area is 96.8 Å². The maximum absolute atomic E-state index is 11.2. The van der Waals surface area contributed by atoms with Gasteiger partial charge in [0.2, 0.25) is 0 Å². The Morgan fingerprint density at radius 3 is 2.56 bits per heavy atom. The van der Waals surface area contributed by atoms with Gasteiger partial charge in [0.25, 0.3) is 0 Å². The summed E-state index contributed by atoms with van der Waals surface area (Å²) >= 11 is 0. The Hall–Kier alpha value is -0.830. The summed E-state index contributed by atoms with van der Waals surface area (Å²) in [6, 6.07) is 0. The van der Waals surface area contributed by atoms with Crippen LogP contribution in [0.5, 0.6) is 0 Å². The molecule has 0 aromatic rings. The van der Waals surface area contributed by atoms with Gasteiger partial charge in [0.05, 0.1) is 12.7 Å². The van der Waals surface area contributed by atoms with E-state index in [-0.39, 0.29) is 22.6 Å². The van der Waals surface area contributed by atoms with E-state index in [2.05, 4.69) is 25.5 Å². The first-order valence-corrected chi connectivity index (χ1v) is 5.84. The number of fused-ring (bicyclic) bond motifs is 1. The van der Waals surface area contributed by atoms with Crippen molar-refractivity contribution in [2.75, 3.05) is 7.11 Å². The van der Waals surface area contributed by atoms with E-state index in [0.29, 0.717) is 0 Å².